The Morgan fingerprint density at radius 1 is 1.26 bits per heavy atom. The van der Waals surface area contributed by atoms with Gasteiger partial charge in [-0.2, -0.15) is 0 Å². The van der Waals surface area contributed by atoms with Gasteiger partial charge in [0.1, 0.15) is 18.0 Å². The number of pyridine rings is 1. The average molecular weight is 363 g/mol. The van der Waals surface area contributed by atoms with Crippen LogP contribution in [0.3, 0.4) is 0 Å². The molecule has 0 N–H and O–H groups in total. The summed E-state index contributed by atoms with van der Waals surface area (Å²) in [6, 6.07) is 11.5. The Labute approximate surface area is 159 Å². The first-order chi connectivity index (χ1) is 13.1. The number of aryl methyl sites for hydroxylation is 1. The average Bonchev–Trinajstić information content (AvgIpc) is 3.11. The molecule has 0 saturated carbocycles. The molecule has 1 unspecified atom stereocenters. The predicted molar refractivity (Wildman–Crippen MR) is 105 cm³/mol. The topological polar surface area (TPSA) is 46.8 Å². The third-order valence-electron chi connectivity index (χ3n) is 5.16. The van der Waals surface area contributed by atoms with E-state index in [1.165, 1.54) is 6.42 Å². The van der Waals surface area contributed by atoms with E-state index in [4.69, 9.17) is 4.74 Å². The summed E-state index contributed by atoms with van der Waals surface area (Å²) in [5.41, 5.74) is 3.69. The van der Waals surface area contributed by atoms with Gasteiger partial charge in [0.25, 0.3) is 5.91 Å². The summed E-state index contributed by atoms with van der Waals surface area (Å²) in [5, 5.41) is 0. The number of carbonyl (C=O) groups excluding carboxylic acids is 1. The molecule has 140 valence electrons. The minimum absolute atomic E-state index is 0.115. The second kappa shape index (κ2) is 7.43. The molecular weight excluding hydrogens is 338 g/mol. The number of imidazole rings is 1. The minimum atomic E-state index is 0.115. The fraction of sp³-hybridized carbons (Fsp3) is 0.364. The largest absolute Gasteiger partial charge is 0.487 e. The molecule has 27 heavy (non-hydrogen) atoms. The van der Waals surface area contributed by atoms with Gasteiger partial charge < -0.3 is 14.0 Å². The highest BCUT2D eigenvalue weighted by Crippen LogP contribution is 2.20. The Hall–Kier alpha value is -2.82. The lowest BCUT2D eigenvalue weighted by Crippen LogP contribution is -2.39. The fourth-order valence-electron chi connectivity index (χ4n) is 3.68. The van der Waals surface area contributed by atoms with E-state index >= 15 is 0 Å². The van der Waals surface area contributed by atoms with E-state index in [1.807, 2.05) is 65.0 Å². The molecule has 3 aromatic rings. The zero-order valence-electron chi connectivity index (χ0n) is 15.9. The summed E-state index contributed by atoms with van der Waals surface area (Å²) in [5.74, 6) is 1.44. The molecule has 1 amide bonds. The van der Waals surface area contributed by atoms with Crippen LogP contribution in [0.15, 0.2) is 48.8 Å². The number of ether oxygens (including phenoxy) is 1. The summed E-state index contributed by atoms with van der Waals surface area (Å²) in [4.78, 5) is 19.2. The van der Waals surface area contributed by atoms with Crippen LogP contribution in [0.5, 0.6) is 5.75 Å². The van der Waals surface area contributed by atoms with Gasteiger partial charge in [-0.25, -0.2) is 4.98 Å². The lowest BCUT2D eigenvalue weighted by molar-refractivity contribution is 0.0683. The van der Waals surface area contributed by atoms with Crippen LogP contribution in [0.2, 0.25) is 0 Å². The molecule has 1 aliphatic heterocycles. The maximum atomic E-state index is 12.6. The quantitative estimate of drug-likeness (QED) is 0.701. The fourth-order valence-corrected chi connectivity index (χ4v) is 3.68. The van der Waals surface area contributed by atoms with Gasteiger partial charge in [0.05, 0.1) is 5.69 Å². The molecule has 3 heterocycles. The standard InChI is InChI=1S/C22H25N3O2/c1-16-5-3-12-25(13-16)22(26)18-7-9-20(10-8-18)27-15-19-14-24-11-4-6-17(2)21(24)23-19/h4,6-11,14,16H,3,5,12-13,15H2,1-2H3. The zero-order chi connectivity index (χ0) is 18.8. The molecule has 0 spiro atoms. The van der Waals surface area contributed by atoms with Crippen molar-refractivity contribution in [2.24, 2.45) is 5.92 Å². The zero-order valence-corrected chi connectivity index (χ0v) is 15.9. The molecule has 1 saturated heterocycles. The maximum absolute atomic E-state index is 12.6. The van der Waals surface area contributed by atoms with E-state index in [2.05, 4.69) is 11.9 Å². The Morgan fingerprint density at radius 2 is 2.07 bits per heavy atom. The molecule has 0 bridgehead atoms. The van der Waals surface area contributed by atoms with E-state index in [0.717, 1.165) is 47.7 Å². The van der Waals surface area contributed by atoms with Crippen molar-refractivity contribution in [3.63, 3.8) is 0 Å². The number of hydrogen-bond donors (Lipinski definition) is 0. The van der Waals surface area contributed by atoms with E-state index in [0.29, 0.717) is 12.5 Å². The summed E-state index contributed by atoms with van der Waals surface area (Å²) in [6.45, 7) is 6.36. The van der Waals surface area contributed by atoms with Gasteiger partial charge in [-0.15, -0.1) is 0 Å². The van der Waals surface area contributed by atoms with Crippen LogP contribution < -0.4 is 4.74 Å². The molecule has 5 heteroatoms. The van der Waals surface area contributed by atoms with Gasteiger partial charge in [0.15, 0.2) is 0 Å². The van der Waals surface area contributed by atoms with Crippen LogP contribution in [0.1, 0.15) is 41.4 Å². The lowest BCUT2D eigenvalue weighted by atomic mass is 9.99. The Kier molecular flexibility index (Phi) is 4.84. The number of likely N-dealkylation sites (tertiary alicyclic amines) is 1. The van der Waals surface area contributed by atoms with E-state index in [1.54, 1.807) is 0 Å². The van der Waals surface area contributed by atoms with Crippen molar-refractivity contribution in [3.05, 3.63) is 65.6 Å². The number of carbonyl (C=O) groups is 1. The van der Waals surface area contributed by atoms with Gasteiger partial charge >= 0.3 is 0 Å². The van der Waals surface area contributed by atoms with Crippen molar-refractivity contribution < 1.29 is 9.53 Å². The van der Waals surface area contributed by atoms with Crippen LogP contribution in [0.25, 0.3) is 5.65 Å². The molecular formula is C22H25N3O2. The minimum Gasteiger partial charge on any atom is -0.487 e. The highest BCUT2D eigenvalue weighted by molar-refractivity contribution is 5.94. The molecule has 1 atom stereocenters. The number of amides is 1. The Balaban J connectivity index is 1.40. The SMILES string of the molecule is Cc1cccn2cc(COc3ccc(C(=O)N4CCCC(C)C4)cc3)nc12. The second-order valence-corrected chi connectivity index (χ2v) is 7.47. The van der Waals surface area contributed by atoms with Crippen LogP contribution >= 0.6 is 0 Å². The van der Waals surface area contributed by atoms with Gasteiger partial charge in [0, 0.05) is 31.0 Å². The first kappa shape index (κ1) is 17.6. The van der Waals surface area contributed by atoms with E-state index < -0.39 is 0 Å². The first-order valence-corrected chi connectivity index (χ1v) is 9.55. The van der Waals surface area contributed by atoms with E-state index in [-0.39, 0.29) is 5.91 Å². The molecule has 4 rings (SSSR count). The summed E-state index contributed by atoms with van der Waals surface area (Å²) < 4.78 is 7.87. The molecule has 5 nitrogen and oxygen atoms in total. The number of benzene rings is 1. The van der Waals surface area contributed by atoms with Crippen molar-refractivity contribution in [2.75, 3.05) is 13.1 Å². The Morgan fingerprint density at radius 3 is 2.81 bits per heavy atom. The molecule has 0 aliphatic carbocycles. The highest BCUT2D eigenvalue weighted by atomic mass is 16.5. The number of hydrogen-bond acceptors (Lipinski definition) is 3. The summed E-state index contributed by atoms with van der Waals surface area (Å²) in [7, 11) is 0. The van der Waals surface area contributed by atoms with E-state index in [9.17, 15) is 4.79 Å². The first-order valence-electron chi connectivity index (χ1n) is 9.55. The monoisotopic (exact) mass is 363 g/mol. The molecule has 2 aromatic heterocycles. The van der Waals surface area contributed by atoms with Crippen LogP contribution in [0, 0.1) is 12.8 Å². The van der Waals surface area contributed by atoms with Crippen molar-refractivity contribution in [2.45, 2.75) is 33.3 Å². The molecule has 1 aromatic carbocycles. The molecule has 0 radical (unpaired) electrons. The van der Waals surface area contributed by atoms with Gasteiger partial charge in [-0.1, -0.05) is 13.0 Å². The number of aromatic nitrogens is 2. The third-order valence-corrected chi connectivity index (χ3v) is 5.16. The van der Waals surface area contributed by atoms with Gasteiger partial charge in [0.2, 0.25) is 0 Å². The smallest absolute Gasteiger partial charge is 0.253 e. The number of rotatable bonds is 4. The van der Waals surface area contributed by atoms with Crippen molar-refractivity contribution in [1.29, 1.82) is 0 Å². The van der Waals surface area contributed by atoms with Crippen LogP contribution in [-0.4, -0.2) is 33.3 Å². The highest BCUT2D eigenvalue weighted by Gasteiger charge is 2.21. The molecule has 1 fully saturated rings. The third kappa shape index (κ3) is 3.82. The van der Waals surface area contributed by atoms with Crippen molar-refractivity contribution in [1.82, 2.24) is 14.3 Å². The summed E-state index contributed by atoms with van der Waals surface area (Å²) >= 11 is 0. The predicted octanol–water partition coefficient (Wildman–Crippen LogP) is 4.09. The normalized spacial score (nSPS) is 17.3. The van der Waals surface area contributed by atoms with Crippen molar-refractivity contribution in [3.8, 4) is 5.75 Å². The van der Waals surface area contributed by atoms with Gasteiger partial charge in [-0.05, 0) is 61.6 Å². The summed E-state index contributed by atoms with van der Waals surface area (Å²) in [6.07, 6.45) is 6.27. The molecule has 1 aliphatic rings. The van der Waals surface area contributed by atoms with Crippen LogP contribution in [-0.2, 0) is 6.61 Å². The number of fused-ring (bicyclic) bond motifs is 1. The van der Waals surface area contributed by atoms with Gasteiger partial charge in [-0.3, -0.25) is 4.79 Å². The van der Waals surface area contributed by atoms with Crippen molar-refractivity contribution >= 4 is 11.6 Å². The Bertz CT molecular complexity index is 946. The number of nitrogens with zero attached hydrogens (tertiary/aromatic N) is 3. The lowest BCUT2D eigenvalue weighted by Gasteiger charge is -2.31. The number of piperidine rings is 1. The maximum Gasteiger partial charge on any atom is 0.253 e. The van der Waals surface area contributed by atoms with Crippen LogP contribution in [0.4, 0.5) is 0 Å². The second-order valence-electron chi connectivity index (χ2n) is 7.47.